The second kappa shape index (κ2) is 8.10. The summed E-state index contributed by atoms with van der Waals surface area (Å²) in [7, 11) is 0. The van der Waals surface area contributed by atoms with Gasteiger partial charge in [-0.2, -0.15) is 4.99 Å². The molecule has 0 saturated carbocycles. The number of nitrogens with zero attached hydrogens (tertiary/aromatic N) is 2. The number of esters is 1. The third-order valence-electron chi connectivity index (χ3n) is 3.31. The molecular formula is C16H11Cl3N2O3S2. The van der Waals surface area contributed by atoms with Crippen molar-refractivity contribution in [1.29, 1.82) is 0 Å². The molecule has 0 saturated heterocycles. The van der Waals surface area contributed by atoms with Crippen molar-refractivity contribution in [1.82, 2.24) is 4.57 Å². The molecule has 3 rings (SSSR count). The Bertz CT molecular complexity index is 1070. The normalized spacial score (nSPS) is 11.9. The van der Waals surface area contributed by atoms with Gasteiger partial charge in [-0.25, -0.2) is 0 Å². The van der Waals surface area contributed by atoms with Crippen molar-refractivity contribution in [3.05, 3.63) is 48.3 Å². The van der Waals surface area contributed by atoms with Crippen LogP contribution in [0.3, 0.4) is 0 Å². The van der Waals surface area contributed by atoms with E-state index < -0.39 is 11.9 Å². The maximum absolute atomic E-state index is 12.4. The molecule has 1 aromatic carbocycles. The van der Waals surface area contributed by atoms with E-state index in [1.807, 2.05) is 0 Å². The Labute approximate surface area is 171 Å². The third-order valence-corrected chi connectivity index (χ3v) is 6.36. The molecule has 0 atom stereocenters. The number of amides is 1. The number of carbonyl (C=O) groups is 2. The second-order valence-electron chi connectivity index (χ2n) is 5.00. The minimum atomic E-state index is -0.462. The van der Waals surface area contributed by atoms with E-state index >= 15 is 0 Å². The van der Waals surface area contributed by atoms with Crippen LogP contribution < -0.4 is 4.80 Å². The number of rotatable bonds is 4. The van der Waals surface area contributed by atoms with Crippen LogP contribution in [0.1, 0.15) is 16.6 Å². The summed E-state index contributed by atoms with van der Waals surface area (Å²) in [5.41, 5.74) is 0.535. The molecule has 3 aromatic rings. The first-order valence-corrected chi connectivity index (χ1v) is 10.1. The number of thiophene rings is 1. The standard InChI is InChI=1S/C16H11Cl3N2O3S2/c1-2-24-12(22)7-21-14-9(4-3-8(17)13(14)19)26-16(21)20-15(23)10-5-6-11(18)25-10/h3-6H,2,7H2,1H3. The summed E-state index contributed by atoms with van der Waals surface area (Å²) in [6, 6.07) is 6.65. The molecule has 0 aliphatic carbocycles. The lowest BCUT2D eigenvalue weighted by Gasteiger charge is -2.06. The minimum Gasteiger partial charge on any atom is -0.465 e. The number of thiazole rings is 1. The van der Waals surface area contributed by atoms with Crippen LogP contribution in [-0.4, -0.2) is 23.1 Å². The number of ether oxygens (including phenoxy) is 1. The Morgan fingerprint density at radius 3 is 2.58 bits per heavy atom. The average Bonchev–Trinajstić information content (AvgIpc) is 3.16. The fraction of sp³-hybridized carbons (Fsp3) is 0.188. The first kappa shape index (κ1) is 19.4. The van der Waals surface area contributed by atoms with Gasteiger partial charge in [0.25, 0.3) is 5.91 Å². The predicted molar refractivity (Wildman–Crippen MR) is 106 cm³/mol. The summed E-state index contributed by atoms with van der Waals surface area (Å²) in [5.74, 6) is -0.912. The lowest BCUT2D eigenvalue weighted by atomic mass is 10.3. The summed E-state index contributed by atoms with van der Waals surface area (Å²) in [5, 5.41) is 0.635. The van der Waals surface area contributed by atoms with Gasteiger partial charge in [0, 0.05) is 0 Å². The van der Waals surface area contributed by atoms with Gasteiger partial charge in [0.05, 0.1) is 36.1 Å². The number of halogens is 3. The smallest absolute Gasteiger partial charge is 0.326 e. The lowest BCUT2D eigenvalue weighted by Crippen LogP contribution is -2.23. The zero-order chi connectivity index (χ0) is 18.8. The van der Waals surface area contributed by atoms with Gasteiger partial charge in [-0.05, 0) is 31.2 Å². The van der Waals surface area contributed by atoms with Crippen LogP contribution in [0.25, 0.3) is 10.2 Å². The molecule has 5 nitrogen and oxygen atoms in total. The van der Waals surface area contributed by atoms with E-state index in [2.05, 4.69) is 4.99 Å². The van der Waals surface area contributed by atoms with E-state index in [1.54, 1.807) is 35.8 Å². The third kappa shape index (κ3) is 3.97. The lowest BCUT2D eigenvalue weighted by molar-refractivity contribution is -0.143. The molecule has 0 aliphatic heterocycles. The Hall–Kier alpha value is -1.38. The maximum Gasteiger partial charge on any atom is 0.326 e. The topological polar surface area (TPSA) is 60.7 Å². The first-order chi connectivity index (χ1) is 12.4. The van der Waals surface area contributed by atoms with Crippen molar-refractivity contribution in [2.24, 2.45) is 4.99 Å². The Morgan fingerprint density at radius 2 is 1.92 bits per heavy atom. The number of carbonyl (C=O) groups excluding carboxylic acids is 2. The summed E-state index contributed by atoms with van der Waals surface area (Å²) < 4.78 is 7.79. The van der Waals surface area contributed by atoms with Crippen molar-refractivity contribution in [3.63, 3.8) is 0 Å². The summed E-state index contributed by atoms with van der Waals surface area (Å²) in [6.45, 7) is 1.83. The van der Waals surface area contributed by atoms with Gasteiger partial charge in [-0.1, -0.05) is 46.1 Å². The van der Waals surface area contributed by atoms with Gasteiger partial charge < -0.3 is 9.30 Å². The van der Waals surface area contributed by atoms with Crippen LogP contribution in [0.5, 0.6) is 0 Å². The highest BCUT2D eigenvalue weighted by molar-refractivity contribution is 7.18. The van der Waals surface area contributed by atoms with Gasteiger partial charge in [0.2, 0.25) is 0 Å². The Kier molecular flexibility index (Phi) is 6.04. The molecule has 26 heavy (non-hydrogen) atoms. The Balaban J connectivity index is 2.17. The molecule has 0 bridgehead atoms. The summed E-state index contributed by atoms with van der Waals surface area (Å²) >= 11 is 20.7. The van der Waals surface area contributed by atoms with Crippen molar-refractivity contribution < 1.29 is 14.3 Å². The molecule has 0 N–H and O–H groups in total. The van der Waals surface area contributed by atoms with Crippen molar-refractivity contribution >= 4 is 79.6 Å². The highest BCUT2D eigenvalue weighted by Gasteiger charge is 2.17. The molecule has 1 amide bonds. The van der Waals surface area contributed by atoms with Crippen LogP contribution in [0.15, 0.2) is 29.3 Å². The average molecular weight is 450 g/mol. The molecule has 0 aliphatic rings. The van der Waals surface area contributed by atoms with Crippen LogP contribution in [-0.2, 0) is 16.1 Å². The Morgan fingerprint density at radius 1 is 1.15 bits per heavy atom. The second-order valence-corrected chi connectivity index (χ2v) is 8.51. The molecule has 0 fully saturated rings. The number of benzene rings is 1. The number of aromatic nitrogens is 1. The van der Waals surface area contributed by atoms with Crippen LogP contribution in [0.2, 0.25) is 14.4 Å². The number of hydrogen-bond acceptors (Lipinski definition) is 5. The maximum atomic E-state index is 12.4. The van der Waals surface area contributed by atoms with E-state index in [-0.39, 0.29) is 18.2 Å². The van der Waals surface area contributed by atoms with Crippen molar-refractivity contribution in [3.8, 4) is 0 Å². The van der Waals surface area contributed by atoms with Crippen LogP contribution in [0, 0.1) is 0 Å². The zero-order valence-electron chi connectivity index (χ0n) is 13.3. The van der Waals surface area contributed by atoms with Crippen LogP contribution in [0.4, 0.5) is 0 Å². The van der Waals surface area contributed by atoms with Gasteiger partial charge in [0.15, 0.2) is 4.80 Å². The van der Waals surface area contributed by atoms with E-state index in [0.29, 0.717) is 24.6 Å². The van der Waals surface area contributed by atoms with Crippen molar-refractivity contribution in [2.45, 2.75) is 13.5 Å². The van der Waals surface area contributed by atoms with Crippen LogP contribution >= 0.6 is 57.5 Å². The van der Waals surface area contributed by atoms with Gasteiger partial charge in [0.1, 0.15) is 6.54 Å². The first-order valence-electron chi connectivity index (χ1n) is 7.38. The monoisotopic (exact) mass is 448 g/mol. The highest BCUT2D eigenvalue weighted by Crippen LogP contribution is 2.32. The van der Waals surface area contributed by atoms with Crippen molar-refractivity contribution in [2.75, 3.05) is 6.61 Å². The molecular weight excluding hydrogens is 439 g/mol. The molecule has 0 radical (unpaired) electrons. The molecule has 2 heterocycles. The zero-order valence-corrected chi connectivity index (χ0v) is 17.2. The van der Waals surface area contributed by atoms with Gasteiger partial charge in [-0.15, -0.1) is 11.3 Å². The predicted octanol–water partition coefficient (Wildman–Crippen LogP) is 5.03. The fourth-order valence-electron chi connectivity index (χ4n) is 2.24. The summed E-state index contributed by atoms with van der Waals surface area (Å²) in [4.78, 5) is 29.3. The van der Waals surface area contributed by atoms with E-state index in [1.165, 1.54) is 11.3 Å². The molecule has 136 valence electrons. The summed E-state index contributed by atoms with van der Waals surface area (Å²) in [6.07, 6.45) is 0. The van der Waals surface area contributed by atoms with Gasteiger partial charge in [-0.3, -0.25) is 9.59 Å². The largest absolute Gasteiger partial charge is 0.465 e. The SMILES string of the molecule is CCOC(=O)Cn1c(=NC(=O)c2ccc(Cl)s2)sc2ccc(Cl)c(Cl)c21. The van der Waals surface area contributed by atoms with E-state index in [9.17, 15) is 9.59 Å². The number of hydrogen-bond donors (Lipinski definition) is 0. The van der Waals surface area contributed by atoms with E-state index in [4.69, 9.17) is 39.5 Å². The molecule has 0 spiro atoms. The molecule has 10 heteroatoms. The van der Waals surface area contributed by atoms with E-state index in [0.717, 1.165) is 16.0 Å². The molecule has 0 unspecified atom stereocenters. The van der Waals surface area contributed by atoms with Gasteiger partial charge >= 0.3 is 5.97 Å². The fourth-order valence-corrected chi connectivity index (χ4v) is 4.68. The molecule has 2 aromatic heterocycles. The minimum absolute atomic E-state index is 0.134. The quantitative estimate of drug-likeness (QED) is 0.525. The highest BCUT2D eigenvalue weighted by atomic mass is 35.5. The number of fused-ring (bicyclic) bond motifs is 1.